The van der Waals surface area contributed by atoms with Crippen LogP contribution in [0.5, 0.6) is 11.5 Å². The summed E-state index contributed by atoms with van der Waals surface area (Å²) in [6.45, 7) is 0. The van der Waals surface area contributed by atoms with Gasteiger partial charge < -0.3 is 9.47 Å². The molecular formula is C18H10F12O3. The van der Waals surface area contributed by atoms with E-state index in [0.29, 0.717) is 24.3 Å². The normalized spacial score (nSPS) is 17.1. The Morgan fingerprint density at radius 3 is 0.939 bits per heavy atom. The van der Waals surface area contributed by atoms with Gasteiger partial charge in [-0.3, -0.25) is 0 Å². The Balaban J connectivity index is 2.51. The molecule has 0 saturated carbocycles. The van der Waals surface area contributed by atoms with Crippen molar-refractivity contribution in [2.45, 2.75) is 36.3 Å². The molecule has 2 aromatic rings. The first-order valence-electron chi connectivity index (χ1n) is 8.31. The summed E-state index contributed by atoms with van der Waals surface area (Å²) in [6, 6.07) is 7.64. The Morgan fingerprint density at radius 1 is 0.424 bits per heavy atom. The number of hydrogen-bond acceptors (Lipinski definition) is 3. The second-order valence-corrected chi connectivity index (χ2v) is 6.15. The Hall–Kier alpha value is -2.84. The zero-order chi connectivity index (χ0) is 25.3. The number of alkyl halides is 12. The van der Waals surface area contributed by atoms with E-state index in [1.54, 1.807) is 0 Å². The number of hydrogen-bond donors (Lipinski definition) is 0. The molecule has 0 amide bonds. The van der Waals surface area contributed by atoms with Crippen molar-refractivity contribution < 1.29 is 66.9 Å². The van der Waals surface area contributed by atoms with Crippen LogP contribution < -0.4 is 9.47 Å². The van der Waals surface area contributed by atoms with Gasteiger partial charge in [-0.15, -0.1) is 0 Å². The smallest absolute Gasteiger partial charge is 0.444 e. The zero-order valence-corrected chi connectivity index (χ0v) is 15.5. The summed E-state index contributed by atoms with van der Waals surface area (Å²) in [7, 11) is 0. The molecule has 0 radical (unpaired) electrons. The molecule has 2 atom stereocenters. The van der Waals surface area contributed by atoms with Crippen molar-refractivity contribution in [1.82, 2.24) is 0 Å². The lowest BCUT2D eigenvalue weighted by Crippen LogP contribution is -2.67. The van der Waals surface area contributed by atoms with Gasteiger partial charge in [0.15, 0.2) is 0 Å². The van der Waals surface area contributed by atoms with Gasteiger partial charge in [0, 0.05) is 0 Å². The van der Waals surface area contributed by atoms with E-state index in [0.717, 1.165) is 36.4 Å². The van der Waals surface area contributed by atoms with Crippen molar-refractivity contribution in [3.8, 4) is 11.5 Å². The molecule has 0 saturated heterocycles. The van der Waals surface area contributed by atoms with Crippen molar-refractivity contribution in [2.24, 2.45) is 0 Å². The van der Waals surface area contributed by atoms with Gasteiger partial charge in [-0.2, -0.15) is 52.7 Å². The van der Waals surface area contributed by atoms with Crippen molar-refractivity contribution in [1.29, 1.82) is 0 Å². The molecule has 0 spiro atoms. The third-order valence-electron chi connectivity index (χ3n) is 3.74. The van der Waals surface area contributed by atoms with Gasteiger partial charge in [0.25, 0.3) is 0 Å². The van der Waals surface area contributed by atoms with Crippen LogP contribution >= 0.6 is 0 Å². The number of halogens is 12. The minimum absolute atomic E-state index is 0.488. The van der Waals surface area contributed by atoms with Crippen LogP contribution in [0.2, 0.25) is 0 Å². The SMILES string of the molecule is FC(F)(F)C(F)(Oc1ccccc1)C(F)(F)OC(F)(F)C(F)(Oc1ccccc1)C(F)(F)F. The van der Waals surface area contributed by atoms with Crippen LogP contribution in [0.1, 0.15) is 0 Å². The lowest BCUT2D eigenvalue weighted by molar-refractivity contribution is -0.525. The highest BCUT2D eigenvalue weighted by molar-refractivity contribution is 5.23. The molecular weight excluding hydrogens is 492 g/mol. The third kappa shape index (κ3) is 5.07. The van der Waals surface area contributed by atoms with E-state index in [1.807, 2.05) is 0 Å². The molecule has 0 bridgehead atoms. The van der Waals surface area contributed by atoms with Crippen molar-refractivity contribution >= 4 is 0 Å². The fourth-order valence-corrected chi connectivity index (χ4v) is 2.16. The van der Waals surface area contributed by atoms with Gasteiger partial charge in [0.1, 0.15) is 11.5 Å². The Kier molecular flexibility index (Phi) is 6.80. The molecule has 0 aromatic heterocycles. The highest BCUT2D eigenvalue weighted by Gasteiger charge is 2.83. The first kappa shape index (κ1) is 26.4. The summed E-state index contributed by atoms with van der Waals surface area (Å²) in [5.41, 5.74) is 0. The van der Waals surface area contributed by atoms with Crippen LogP contribution in [0, 0.1) is 0 Å². The summed E-state index contributed by atoms with van der Waals surface area (Å²) in [6.07, 6.45) is -27.6. The lowest BCUT2D eigenvalue weighted by Gasteiger charge is -2.39. The van der Waals surface area contributed by atoms with Crippen LogP contribution in [0.3, 0.4) is 0 Å². The number of ether oxygens (including phenoxy) is 3. The Bertz CT molecular complexity index is 841. The summed E-state index contributed by atoms with van der Waals surface area (Å²) >= 11 is 0. The van der Waals surface area contributed by atoms with E-state index in [-0.39, 0.29) is 0 Å². The quantitative estimate of drug-likeness (QED) is 0.372. The molecule has 0 heterocycles. The van der Waals surface area contributed by atoms with Crippen LogP contribution in [0.4, 0.5) is 52.7 Å². The summed E-state index contributed by atoms with van der Waals surface area (Å²) in [4.78, 5) is 0. The van der Waals surface area contributed by atoms with Gasteiger partial charge in [-0.1, -0.05) is 36.4 Å². The van der Waals surface area contributed by atoms with E-state index in [9.17, 15) is 52.7 Å². The molecule has 0 aliphatic rings. The number of benzene rings is 2. The van der Waals surface area contributed by atoms with E-state index in [1.165, 1.54) is 0 Å². The van der Waals surface area contributed by atoms with E-state index in [2.05, 4.69) is 14.2 Å². The maximum absolute atomic E-state index is 14.4. The van der Waals surface area contributed by atoms with E-state index in [4.69, 9.17) is 0 Å². The van der Waals surface area contributed by atoms with Gasteiger partial charge in [-0.05, 0) is 24.3 Å². The summed E-state index contributed by atoms with van der Waals surface area (Å²) in [5, 5.41) is 0. The highest BCUT2D eigenvalue weighted by Crippen LogP contribution is 2.54. The van der Waals surface area contributed by atoms with Gasteiger partial charge in [0.05, 0.1) is 0 Å². The van der Waals surface area contributed by atoms with Crippen molar-refractivity contribution in [2.75, 3.05) is 0 Å². The first-order valence-corrected chi connectivity index (χ1v) is 8.31. The van der Waals surface area contributed by atoms with Crippen LogP contribution in [0.15, 0.2) is 60.7 Å². The molecule has 3 nitrogen and oxygen atoms in total. The average Bonchev–Trinajstić information content (AvgIpc) is 2.66. The maximum atomic E-state index is 14.4. The molecule has 15 heteroatoms. The lowest BCUT2D eigenvalue weighted by atomic mass is 10.2. The molecule has 2 rings (SSSR count). The molecule has 0 fully saturated rings. The molecule has 0 aliphatic carbocycles. The highest BCUT2D eigenvalue weighted by atomic mass is 19.4. The minimum atomic E-state index is -6.94. The molecule has 2 unspecified atom stereocenters. The van der Waals surface area contributed by atoms with Gasteiger partial charge in [-0.25, -0.2) is 4.74 Å². The number of para-hydroxylation sites is 2. The molecule has 2 aromatic carbocycles. The third-order valence-corrected chi connectivity index (χ3v) is 3.74. The molecule has 0 aliphatic heterocycles. The van der Waals surface area contributed by atoms with Crippen LogP contribution in [0.25, 0.3) is 0 Å². The summed E-state index contributed by atoms with van der Waals surface area (Å²) in [5.74, 6) is -15.6. The predicted molar refractivity (Wildman–Crippen MR) is 84.9 cm³/mol. The molecule has 0 N–H and O–H groups in total. The number of rotatable bonds is 8. The maximum Gasteiger partial charge on any atom is 0.470 e. The van der Waals surface area contributed by atoms with Gasteiger partial charge >= 0.3 is 36.3 Å². The molecule has 33 heavy (non-hydrogen) atoms. The predicted octanol–water partition coefficient (Wildman–Crippen LogP) is 6.80. The van der Waals surface area contributed by atoms with Crippen LogP contribution in [-0.2, 0) is 4.74 Å². The summed E-state index contributed by atoms with van der Waals surface area (Å²) < 4.78 is 173. The first-order chi connectivity index (χ1) is 14.9. The Morgan fingerprint density at radius 2 is 0.697 bits per heavy atom. The minimum Gasteiger partial charge on any atom is -0.444 e. The fourth-order valence-electron chi connectivity index (χ4n) is 2.16. The topological polar surface area (TPSA) is 27.7 Å². The van der Waals surface area contributed by atoms with Crippen LogP contribution in [-0.4, -0.2) is 36.3 Å². The Labute approximate surface area is 176 Å². The second-order valence-electron chi connectivity index (χ2n) is 6.15. The monoisotopic (exact) mass is 502 g/mol. The largest absolute Gasteiger partial charge is 0.470 e. The van der Waals surface area contributed by atoms with Crippen molar-refractivity contribution in [3.63, 3.8) is 0 Å². The zero-order valence-electron chi connectivity index (χ0n) is 15.5. The fraction of sp³-hybridized carbons (Fsp3) is 0.333. The molecule has 184 valence electrons. The average molecular weight is 502 g/mol. The van der Waals surface area contributed by atoms with E-state index < -0.39 is 47.8 Å². The standard InChI is InChI=1S/C18H10F12O3/c19-13(15(21,22)23,31-11-7-3-1-4-8-11)17(27,28)33-18(29,30)14(20,16(24,25)26)32-12-9-5-2-6-10-12/h1-10H. The van der Waals surface area contributed by atoms with E-state index >= 15 is 0 Å². The second kappa shape index (κ2) is 8.50. The van der Waals surface area contributed by atoms with Gasteiger partial charge in [0.2, 0.25) is 0 Å². The van der Waals surface area contributed by atoms with Crippen molar-refractivity contribution in [3.05, 3.63) is 60.7 Å².